The Morgan fingerprint density at radius 1 is 1.19 bits per heavy atom. The third-order valence-corrected chi connectivity index (χ3v) is 4.27. The van der Waals surface area contributed by atoms with Gasteiger partial charge in [-0.25, -0.2) is 8.78 Å². The zero-order valence-corrected chi connectivity index (χ0v) is 13.7. The van der Waals surface area contributed by atoms with Gasteiger partial charge in [0.2, 0.25) is 5.91 Å². The molecule has 0 aliphatic carbocycles. The average Bonchev–Trinajstić information content (AvgIpc) is 2.43. The molecular weight excluding hydrogens is 384 g/mol. The molecule has 0 aliphatic heterocycles. The quantitative estimate of drug-likeness (QED) is 0.733. The third kappa shape index (κ3) is 4.69. The average molecular weight is 393 g/mol. The molecule has 0 bridgehead atoms. The van der Waals surface area contributed by atoms with Crippen molar-refractivity contribution in [3.05, 3.63) is 57.5 Å². The first-order valence-electron chi connectivity index (χ1n) is 5.78. The van der Waals surface area contributed by atoms with Crippen LogP contribution in [0.4, 0.5) is 14.5 Å². The van der Waals surface area contributed by atoms with Gasteiger partial charge in [-0.15, -0.1) is 11.8 Å². The van der Waals surface area contributed by atoms with Crippen molar-refractivity contribution in [3.8, 4) is 0 Å². The number of anilines is 1. The number of rotatable bonds is 4. The number of hydrogen-bond acceptors (Lipinski definition) is 2. The topological polar surface area (TPSA) is 29.1 Å². The smallest absolute Gasteiger partial charge is 0.234 e. The summed E-state index contributed by atoms with van der Waals surface area (Å²) in [7, 11) is 0. The number of nitrogens with one attached hydrogen (secondary N) is 1. The summed E-state index contributed by atoms with van der Waals surface area (Å²) < 4.78 is 26.6. The van der Waals surface area contributed by atoms with Crippen molar-refractivity contribution < 1.29 is 13.6 Å². The Balaban J connectivity index is 1.94. The second-order valence-electron chi connectivity index (χ2n) is 4.04. The van der Waals surface area contributed by atoms with E-state index in [2.05, 4.69) is 21.2 Å². The summed E-state index contributed by atoms with van der Waals surface area (Å²) in [4.78, 5) is 12.3. The van der Waals surface area contributed by atoms with E-state index in [9.17, 15) is 13.6 Å². The molecule has 0 saturated heterocycles. The summed E-state index contributed by atoms with van der Waals surface area (Å²) in [6, 6.07) is 8.60. The highest BCUT2D eigenvalue weighted by Gasteiger charge is 2.08. The largest absolute Gasteiger partial charge is 0.324 e. The van der Waals surface area contributed by atoms with Gasteiger partial charge in [0, 0.05) is 9.37 Å². The molecule has 2 aromatic rings. The highest BCUT2D eigenvalue weighted by atomic mass is 79.9. The predicted molar refractivity (Wildman–Crippen MR) is 84.9 cm³/mol. The number of halogens is 4. The van der Waals surface area contributed by atoms with Gasteiger partial charge in [0.15, 0.2) is 11.6 Å². The summed E-state index contributed by atoms with van der Waals surface area (Å²) in [5.74, 6) is -2.06. The summed E-state index contributed by atoms with van der Waals surface area (Å²) in [5.41, 5.74) is 0.496. The van der Waals surface area contributed by atoms with Crippen LogP contribution >= 0.6 is 39.3 Å². The van der Waals surface area contributed by atoms with Gasteiger partial charge in [0.25, 0.3) is 0 Å². The lowest BCUT2D eigenvalue weighted by molar-refractivity contribution is -0.113. The first kappa shape index (κ1) is 16.3. The lowest BCUT2D eigenvalue weighted by atomic mass is 10.3. The number of carbonyl (C=O) groups is 1. The van der Waals surface area contributed by atoms with Crippen LogP contribution in [0, 0.1) is 11.6 Å². The van der Waals surface area contributed by atoms with Crippen molar-refractivity contribution in [1.29, 1.82) is 0 Å². The van der Waals surface area contributed by atoms with Gasteiger partial charge < -0.3 is 5.32 Å². The van der Waals surface area contributed by atoms with E-state index in [0.29, 0.717) is 15.6 Å². The number of benzene rings is 2. The van der Waals surface area contributed by atoms with Crippen molar-refractivity contribution in [2.24, 2.45) is 0 Å². The van der Waals surface area contributed by atoms with Crippen LogP contribution in [0.2, 0.25) is 5.02 Å². The van der Waals surface area contributed by atoms with Crippen LogP contribution in [0.25, 0.3) is 0 Å². The zero-order valence-electron chi connectivity index (χ0n) is 10.5. The van der Waals surface area contributed by atoms with E-state index in [1.807, 2.05) is 0 Å². The molecular formula is C14H9BrClF2NOS. The van der Waals surface area contributed by atoms with Crippen LogP contribution in [0.1, 0.15) is 0 Å². The SMILES string of the molecule is O=C(CSc1ccc(F)c(F)c1)Nc1ccc(Br)cc1Cl. The maximum absolute atomic E-state index is 13.0. The first-order chi connectivity index (χ1) is 9.95. The van der Waals surface area contributed by atoms with Crippen LogP contribution in [-0.4, -0.2) is 11.7 Å². The lowest BCUT2D eigenvalue weighted by Crippen LogP contribution is -2.14. The van der Waals surface area contributed by atoms with E-state index in [0.717, 1.165) is 28.4 Å². The number of carbonyl (C=O) groups excluding carboxylic acids is 1. The van der Waals surface area contributed by atoms with Crippen molar-refractivity contribution in [1.82, 2.24) is 0 Å². The highest BCUT2D eigenvalue weighted by Crippen LogP contribution is 2.26. The molecule has 2 nitrogen and oxygen atoms in total. The second kappa shape index (κ2) is 7.24. The molecule has 0 heterocycles. The van der Waals surface area contributed by atoms with Crippen LogP contribution < -0.4 is 5.32 Å². The molecule has 1 amide bonds. The van der Waals surface area contributed by atoms with E-state index in [-0.39, 0.29) is 11.7 Å². The van der Waals surface area contributed by atoms with E-state index in [1.54, 1.807) is 18.2 Å². The van der Waals surface area contributed by atoms with Gasteiger partial charge in [-0.05, 0) is 36.4 Å². The molecule has 21 heavy (non-hydrogen) atoms. The van der Waals surface area contributed by atoms with Crippen LogP contribution in [-0.2, 0) is 4.79 Å². The molecule has 110 valence electrons. The molecule has 0 fully saturated rings. The fourth-order valence-corrected chi connectivity index (χ4v) is 2.93. The summed E-state index contributed by atoms with van der Waals surface area (Å²) in [5, 5.41) is 3.07. The normalized spacial score (nSPS) is 10.5. The molecule has 0 unspecified atom stereocenters. The van der Waals surface area contributed by atoms with Crippen LogP contribution in [0.5, 0.6) is 0 Å². The molecule has 0 radical (unpaired) electrons. The molecule has 0 aromatic heterocycles. The fraction of sp³-hybridized carbons (Fsp3) is 0.0714. The van der Waals surface area contributed by atoms with Crippen LogP contribution in [0.15, 0.2) is 45.8 Å². The lowest BCUT2D eigenvalue weighted by Gasteiger charge is -2.07. The van der Waals surface area contributed by atoms with Gasteiger partial charge in [0.05, 0.1) is 16.5 Å². The molecule has 7 heteroatoms. The van der Waals surface area contributed by atoms with E-state index in [1.165, 1.54) is 6.07 Å². The summed E-state index contributed by atoms with van der Waals surface area (Å²) in [6.07, 6.45) is 0. The maximum Gasteiger partial charge on any atom is 0.234 e. The Morgan fingerprint density at radius 3 is 2.62 bits per heavy atom. The van der Waals surface area contributed by atoms with Gasteiger partial charge >= 0.3 is 0 Å². The molecule has 0 atom stereocenters. The van der Waals surface area contributed by atoms with Gasteiger partial charge in [-0.1, -0.05) is 27.5 Å². The first-order valence-corrected chi connectivity index (χ1v) is 7.94. The van der Waals surface area contributed by atoms with Gasteiger partial charge in [-0.2, -0.15) is 0 Å². The second-order valence-corrected chi connectivity index (χ2v) is 6.41. The third-order valence-electron chi connectivity index (χ3n) is 2.47. The highest BCUT2D eigenvalue weighted by molar-refractivity contribution is 9.10. The Hall–Kier alpha value is -1.11. The van der Waals surface area contributed by atoms with Crippen molar-refractivity contribution in [2.75, 3.05) is 11.1 Å². The Labute approximate surface area is 138 Å². The minimum Gasteiger partial charge on any atom is -0.324 e. The van der Waals surface area contributed by atoms with E-state index in [4.69, 9.17) is 11.6 Å². The Kier molecular flexibility index (Phi) is 5.61. The summed E-state index contributed by atoms with van der Waals surface area (Å²) in [6.45, 7) is 0. The van der Waals surface area contributed by atoms with Gasteiger partial charge in [0.1, 0.15) is 0 Å². The van der Waals surface area contributed by atoms with Crippen molar-refractivity contribution in [3.63, 3.8) is 0 Å². The zero-order chi connectivity index (χ0) is 15.4. The number of hydrogen-bond donors (Lipinski definition) is 1. The minimum atomic E-state index is -0.934. The summed E-state index contributed by atoms with van der Waals surface area (Å²) >= 11 is 10.4. The molecule has 1 N–H and O–H groups in total. The Morgan fingerprint density at radius 2 is 1.95 bits per heavy atom. The van der Waals surface area contributed by atoms with Crippen LogP contribution in [0.3, 0.4) is 0 Å². The maximum atomic E-state index is 13.0. The molecule has 2 rings (SSSR count). The molecule has 0 aliphatic rings. The molecule has 2 aromatic carbocycles. The fourth-order valence-electron chi connectivity index (χ4n) is 1.49. The number of thioether (sulfide) groups is 1. The molecule has 0 spiro atoms. The Bertz CT molecular complexity index is 684. The van der Waals surface area contributed by atoms with Crippen molar-refractivity contribution >= 4 is 50.9 Å². The van der Waals surface area contributed by atoms with Gasteiger partial charge in [-0.3, -0.25) is 4.79 Å². The van der Waals surface area contributed by atoms with Crippen molar-refractivity contribution in [2.45, 2.75) is 4.90 Å². The standard InChI is InChI=1S/C14H9BrClF2NOS/c15-8-1-4-13(10(16)5-8)19-14(20)7-21-9-2-3-11(17)12(18)6-9/h1-6H,7H2,(H,19,20). The van der Waals surface area contributed by atoms with E-state index < -0.39 is 11.6 Å². The monoisotopic (exact) mass is 391 g/mol. The predicted octanol–water partition coefficient (Wildman–Crippen LogP) is 5.11. The number of amides is 1. The molecule has 0 saturated carbocycles. The van der Waals surface area contributed by atoms with E-state index >= 15 is 0 Å². The minimum absolute atomic E-state index is 0.0669.